The molecule has 0 amide bonds. The molecule has 1 atom stereocenters. The lowest BCUT2D eigenvalue weighted by atomic mass is 10.1. The first kappa shape index (κ1) is 15.1. The molecular formula is C15H12FIN2O3. The highest BCUT2D eigenvalue weighted by Crippen LogP contribution is 2.45. The highest BCUT2D eigenvalue weighted by atomic mass is 127. The molecule has 0 spiro atoms. The predicted octanol–water partition coefficient (Wildman–Crippen LogP) is 4.26. The number of aromatic nitrogens is 1. The Morgan fingerprint density at radius 3 is 2.86 bits per heavy atom. The minimum Gasteiger partial charge on any atom is -0.477 e. The number of nitro groups is 1. The summed E-state index contributed by atoms with van der Waals surface area (Å²) in [7, 11) is 0. The zero-order valence-electron chi connectivity index (χ0n) is 11.4. The monoisotopic (exact) mass is 414 g/mol. The van der Waals surface area contributed by atoms with Crippen LogP contribution in [0.1, 0.15) is 24.5 Å². The highest BCUT2D eigenvalue weighted by molar-refractivity contribution is 14.1. The zero-order valence-corrected chi connectivity index (χ0v) is 13.6. The molecule has 0 radical (unpaired) electrons. The molecular weight excluding hydrogens is 402 g/mol. The summed E-state index contributed by atoms with van der Waals surface area (Å²) in [5, 5.41) is 11.0. The Morgan fingerprint density at radius 1 is 1.41 bits per heavy atom. The van der Waals surface area contributed by atoms with Crippen molar-refractivity contribution in [1.29, 1.82) is 0 Å². The number of benzene rings is 1. The normalized spacial score (nSPS) is 15.4. The second-order valence-corrected chi connectivity index (χ2v) is 6.29. The van der Waals surface area contributed by atoms with Crippen molar-refractivity contribution in [2.45, 2.75) is 18.9 Å². The summed E-state index contributed by atoms with van der Waals surface area (Å²) in [5.74, 6) is -0.301. The fourth-order valence-corrected chi connectivity index (χ4v) is 2.94. The van der Waals surface area contributed by atoms with E-state index in [1.54, 1.807) is 12.1 Å². The standard InChI is InChI=1S/C15H12FIN2O3/c16-10-5-6-12(17)11(8-10)14(9-3-4-9)22-13-2-1-7-18-15(13)19(20)21/h1-2,5-9,14H,3-4H2. The Bertz CT molecular complexity index is 722. The van der Waals surface area contributed by atoms with Gasteiger partial charge in [-0.3, -0.25) is 0 Å². The van der Waals surface area contributed by atoms with Crippen molar-refractivity contribution in [3.05, 3.63) is 61.6 Å². The number of rotatable bonds is 5. The number of hydrogen-bond acceptors (Lipinski definition) is 4. The largest absolute Gasteiger partial charge is 0.477 e. The summed E-state index contributed by atoms with van der Waals surface area (Å²) in [5.41, 5.74) is 0.723. The first-order chi connectivity index (χ1) is 10.6. The van der Waals surface area contributed by atoms with Gasteiger partial charge in [0.2, 0.25) is 5.75 Å². The van der Waals surface area contributed by atoms with Gasteiger partial charge >= 0.3 is 5.82 Å². The minimum absolute atomic E-state index is 0.115. The molecule has 0 N–H and O–H groups in total. The van der Waals surface area contributed by atoms with E-state index in [0.717, 1.165) is 22.0 Å². The molecule has 1 aliphatic carbocycles. The quantitative estimate of drug-likeness (QED) is 0.417. The van der Waals surface area contributed by atoms with Crippen molar-refractivity contribution in [1.82, 2.24) is 4.98 Å². The molecule has 5 nitrogen and oxygen atoms in total. The van der Waals surface area contributed by atoms with E-state index >= 15 is 0 Å². The molecule has 1 aliphatic rings. The molecule has 2 aromatic rings. The Balaban J connectivity index is 1.97. The molecule has 0 saturated heterocycles. The van der Waals surface area contributed by atoms with E-state index in [1.165, 1.54) is 24.4 Å². The van der Waals surface area contributed by atoms with E-state index in [2.05, 4.69) is 27.6 Å². The number of halogens is 2. The second kappa shape index (κ2) is 6.15. The van der Waals surface area contributed by atoms with Crippen LogP contribution in [-0.4, -0.2) is 9.91 Å². The van der Waals surface area contributed by atoms with Gasteiger partial charge in [0.25, 0.3) is 0 Å². The molecule has 114 valence electrons. The summed E-state index contributed by atoms with van der Waals surface area (Å²) in [4.78, 5) is 14.2. The van der Waals surface area contributed by atoms with Gasteiger partial charge in [0.15, 0.2) is 0 Å². The molecule has 7 heteroatoms. The third-order valence-corrected chi connectivity index (χ3v) is 4.47. The fourth-order valence-electron chi connectivity index (χ4n) is 2.29. The van der Waals surface area contributed by atoms with Gasteiger partial charge in [0.1, 0.15) is 18.1 Å². The summed E-state index contributed by atoms with van der Waals surface area (Å²) in [6, 6.07) is 7.62. The summed E-state index contributed by atoms with van der Waals surface area (Å²) in [6.45, 7) is 0. The van der Waals surface area contributed by atoms with Crippen molar-refractivity contribution >= 4 is 28.4 Å². The van der Waals surface area contributed by atoms with Gasteiger partial charge in [-0.25, -0.2) is 4.39 Å². The van der Waals surface area contributed by atoms with Crippen LogP contribution in [0.5, 0.6) is 5.75 Å². The van der Waals surface area contributed by atoms with Gasteiger partial charge in [0.05, 0.1) is 0 Å². The SMILES string of the molecule is O=[N+]([O-])c1ncccc1OC(c1cc(F)ccc1I)C1CC1. The highest BCUT2D eigenvalue weighted by Gasteiger charge is 2.36. The molecule has 1 fully saturated rings. The topological polar surface area (TPSA) is 65.3 Å². The fraction of sp³-hybridized carbons (Fsp3) is 0.267. The van der Waals surface area contributed by atoms with Crippen molar-refractivity contribution < 1.29 is 14.1 Å². The summed E-state index contributed by atoms with van der Waals surface area (Å²) < 4.78 is 20.3. The smallest absolute Gasteiger partial charge is 0.406 e. The summed E-state index contributed by atoms with van der Waals surface area (Å²) >= 11 is 2.12. The lowest BCUT2D eigenvalue weighted by Crippen LogP contribution is -2.13. The number of pyridine rings is 1. The van der Waals surface area contributed by atoms with Crippen LogP contribution in [-0.2, 0) is 0 Å². The van der Waals surface area contributed by atoms with Gasteiger partial charge in [0, 0.05) is 15.1 Å². The van der Waals surface area contributed by atoms with Crippen LogP contribution in [0.15, 0.2) is 36.5 Å². The van der Waals surface area contributed by atoms with Gasteiger partial charge < -0.3 is 14.9 Å². The Kier molecular flexibility index (Phi) is 4.23. The van der Waals surface area contributed by atoms with Crippen molar-refractivity contribution in [2.75, 3.05) is 0 Å². The first-order valence-corrected chi connectivity index (χ1v) is 7.85. The van der Waals surface area contributed by atoms with Gasteiger partial charge in [-0.15, -0.1) is 0 Å². The second-order valence-electron chi connectivity index (χ2n) is 5.12. The van der Waals surface area contributed by atoms with E-state index in [-0.39, 0.29) is 23.3 Å². The Hall–Kier alpha value is -1.77. The molecule has 1 unspecified atom stereocenters. The molecule has 1 heterocycles. The van der Waals surface area contributed by atoms with E-state index in [0.29, 0.717) is 0 Å². The van der Waals surface area contributed by atoms with Crippen LogP contribution < -0.4 is 4.74 Å². The number of hydrogen-bond donors (Lipinski definition) is 0. The van der Waals surface area contributed by atoms with Crippen LogP contribution in [0.3, 0.4) is 0 Å². The maximum Gasteiger partial charge on any atom is 0.406 e. The van der Waals surface area contributed by atoms with E-state index in [1.807, 2.05) is 0 Å². The zero-order chi connectivity index (χ0) is 15.7. The van der Waals surface area contributed by atoms with Crippen molar-refractivity contribution in [3.8, 4) is 5.75 Å². The lowest BCUT2D eigenvalue weighted by molar-refractivity contribution is -0.390. The van der Waals surface area contributed by atoms with Crippen LogP contribution in [0, 0.1) is 25.4 Å². The maximum atomic E-state index is 13.6. The van der Waals surface area contributed by atoms with Gasteiger partial charge in [-0.2, -0.15) is 0 Å². The Morgan fingerprint density at radius 2 is 2.18 bits per heavy atom. The molecule has 1 saturated carbocycles. The number of ether oxygens (including phenoxy) is 1. The summed E-state index contributed by atoms with van der Waals surface area (Å²) in [6.07, 6.45) is 2.88. The van der Waals surface area contributed by atoms with Crippen LogP contribution >= 0.6 is 22.6 Å². The number of nitrogens with zero attached hydrogens (tertiary/aromatic N) is 2. The maximum absolute atomic E-state index is 13.6. The first-order valence-electron chi connectivity index (χ1n) is 6.77. The average molecular weight is 414 g/mol. The van der Waals surface area contributed by atoms with E-state index in [9.17, 15) is 14.5 Å². The van der Waals surface area contributed by atoms with Crippen molar-refractivity contribution in [3.63, 3.8) is 0 Å². The van der Waals surface area contributed by atoms with Crippen molar-refractivity contribution in [2.24, 2.45) is 5.92 Å². The molecule has 22 heavy (non-hydrogen) atoms. The predicted molar refractivity (Wildman–Crippen MR) is 86.1 cm³/mol. The lowest BCUT2D eigenvalue weighted by Gasteiger charge is -2.20. The molecule has 3 rings (SSSR count). The molecule has 1 aromatic carbocycles. The van der Waals surface area contributed by atoms with E-state index in [4.69, 9.17) is 4.74 Å². The molecule has 0 bridgehead atoms. The third-order valence-electron chi connectivity index (χ3n) is 3.49. The minimum atomic E-state index is -0.574. The van der Waals surface area contributed by atoms with Crippen LogP contribution in [0.4, 0.5) is 10.2 Å². The van der Waals surface area contributed by atoms with Gasteiger partial charge in [-0.1, -0.05) is 0 Å². The Labute approximate surface area is 139 Å². The molecule has 0 aliphatic heterocycles. The third kappa shape index (κ3) is 3.18. The van der Waals surface area contributed by atoms with E-state index < -0.39 is 11.0 Å². The average Bonchev–Trinajstić information content (AvgIpc) is 3.32. The van der Waals surface area contributed by atoms with Crippen LogP contribution in [0.2, 0.25) is 0 Å². The van der Waals surface area contributed by atoms with Crippen LogP contribution in [0.25, 0.3) is 0 Å². The molecule has 1 aromatic heterocycles. The van der Waals surface area contributed by atoms with Gasteiger partial charge in [-0.05, 0) is 75.7 Å².